The Morgan fingerprint density at radius 3 is 2.58 bits per heavy atom. The highest BCUT2D eigenvalue weighted by Crippen LogP contribution is 2.16. The monoisotopic (exact) mass is 360 g/mol. The summed E-state index contributed by atoms with van der Waals surface area (Å²) in [4.78, 5) is 8.02. The number of aromatic amines is 1. The van der Waals surface area contributed by atoms with Crippen molar-refractivity contribution < 1.29 is 0 Å². The van der Waals surface area contributed by atoms with Gasteiger partial charge in [0.15, 0.2) is 0 Å². The first-order valence-corrected chi connectivity index (χ1v) is 8.73. The summed E-state index contributed by atoms with van der Waals surface area (Å²) in [6.07, 6.45) is 0.590. The molecular formula is C21H17ClN4. The first-order chi connectivity index (χ1) is 12.8. The predicted molar refractivity (Wildman–Crippen MR) is 108 cm³/mol. The molecule has 2 N–H and O–H groups in total. The number of aromatic nitrogens is 2. The second-order valence-corrected chi connectivity index (χ2v) is 6.36. The smallest absolute Gasteiger partial charge is 0.113 e. The number of para-hydroxylation sites is 2. The maximum Gasteiger partial charge on any atom is 0.113 e. The van der Waals surface area contributed by atoms with Gasteiger partial charge in [0.2, 0.25) is 0 Å². The van der Waals surface area contributed by atoms with E-state index in [0.29, 0.717) is 11.4 Å². The number of hydrazone groups is 1. The Morgan fingerprint density at radius 1 is 0.962 bits per heavy atom. The summed E-state index contributed by atoms with van der Waals surface area (Å²) < 4.78 is 0. The van der Waals surface area contributed by atoms with Crippen molar-refractivity contribution in [3.63, 3.8) is 0 Å². The minimum atomic E-state index is 0.590. The molecule has 0 atom stereocenters. The number of fused-ring (bicyclic) bond motifs is 1. The molecule has 0 aliphatic heterocycles. The summed E-state index contributed by atoms with van der Waals surface area (Å²) in [7, 11) is 0. The molecule has 4 nitrogen and oxygen atoms in total. The first kappa shape index (κ1) is 16.4. The van der Waals surface area contributed by atoms with Gasteiger partial charge in [-0.3, -0.25) is 5.43 Å². The van der Waals surface area contributed by atoms with Crippen LogP contribution in [-0.2, 0) is 6.42 Å². The molecular weight excluding hydrogens is 344 g/mol. The van der Waals surface area contributed by atoms with Gasteiger partial charge in [-0.15, -0.1) is 0 Å². The normalized spacial score (nSPS) is 11.7. The maximum atomic E-state index is 6.05. The molecule has 1 heterocycles. The van der Waals surface area contributed by atoms with Crippen molar-refractivity contribution in [3.05, 3.63) is 95.3 Å². The fourth-order valence-electron chi connectivity index (χ4n) is 2.77. The lowest BCUT2D eigenvalue weighted by Gasteiger charge is -2.07. The predicted octanol–water partition coefficient (Wildman–Crippen LogP) is 5.28. The summed E-state index contributed by atoms with van der Waals surface area (Å²) in [5.74, 6) is 0.877. The molecule has 0 saturated heterocycles. The minimum Gasteiger partial charge on any atom is -0.342 e. The maximum absolute atomic E-state index is 6.05. The largest absolute Gasteiger partial charge is 0.342 e. The molecule has 0 unspecified atom stereocenters. The van der Waals surface area contributed by atoms with Crippen LogP contribution in [0.3, 0.4) is 0 Å². The Bertz CT molecular complexity index is 1020. The van der Waals surface area contributed by atoms with E-state index in [1.54, 1.807) is 0 Å². The summed E-state index contributed by atoms with van der Waals surface area (Å²) >= 11 is 6.05. The first-order valence-electron chi connectivity index (χ1n) is 8.35. The molecule has 0 aliphatic carbocycles. The number of anilines is 1. The molecule has 0 saturated carbocycles. The molecule has 1 aromatic heterocycles. The van der Waals surface area contributed by atoms with Gasteiger partial charge in [0.1, 0.15) is 5.82 Å². The average Bonchev–Trinajstić information content (AvgIpc) is 3.08. The summed E-state index contributed by atoms with van der Waals surface area (Å²) in [6, 6.07) is 25.6. The highest BCUT2D eigenvalue weighted by Gasteiger charge is 2.09. The summed E-state index contributed by atoms with van der Waals surface area (Å²) in [5.41, 5.74) is 7.86. The minimum absolute atomic E-state index is 0.590. The number of imidazole rings is 1. The molecule has 0 fully saturated rings. The topological polar surface area (TPSA) is 53.1 Å². The summed E-state index contributed by atoms with van der Waals surface area (Å²) in [5, 5.41) is 5.29. The van der Waals surface area contributed by atoms with Crippen LogP contribution in [0.5, 0.6) is 0 Å². The number of rotatable bonds is 5. The molecule has 0 radical (unpaired) electrons. The Labute approximate surface area is 156 Å². The van der Waals surface area contributed by atoms with Crippen molar-refractivity contribution in [2.24, 2.45) is 5.10 Å². The van der Waals surface area contributed by atoms with Gasteiger partial charge in [-0.05, 0) is 35.9 Å². The van der Waals surface area contributed by atoms with E-state index in [-0.39, 0.29) is 0 Å². The van der Waals surface area contributed by atoms with Crippen molar-refractivity contribution in [1.29, 1.82) is 0 Å². The van der Waals surface area contributed by atoms with Crippen molar-refractivity contribution >= 4 is 34.0 Å². The van der Waals surface area contributed by atoms with Crippen LogP contribution in [-0.4, -0.2) is 15.7 Å². The third kappa shape index (κ3) is 3.76. The van der Waals surface area contributed by atoms with Gasteiger partial charge in [0.05, 0.1) is 28.9 Å². The van der Waals surface area contributed by atoms with Crippen LogP contribution < -0.4 is 5.43 Å². The molecule has 4 rings (SSSR count). The van der Waals surface area contributed by atoms with Crippen LogP contribution >= 0.6 is 11.6 Å². The average molecular weight is 361 g/mol. The van der Waals surface area contributed by atoms with Crippen LogP contribution in [0.15, 0.2) is 84.0 Å². The molecule has 0 aliphatic rings. The van der Waals surface area contributed by atoms with Gasteiger partial charge >= 0.3 is 0 Å². The molecule has 0 amide bonds. The number of H-pyrrole nitrogens is 1. The highest BCUT2D eigenvalue weighted by molar-refractivity contribution is 6.30. The quantitative estimate of drug-likeness (QED) is 0.376. The standard InChI is InChI=1S/C21H17ClN4/c22-16-9-6-10-17(13-16)25-26-20(15-7-2-1-3-8-15)14-21-23-18-11-4-5-12-19(18)24-21/h1-13,25H,14H2,(H,23,24)/b26-20-. The number of nitrogens with one attached hydrogen (secondary N) is 2. The van der Waals surface area contributed by atoms with Crippen molar-refractivity contribution in [3.8, 4) is 0 Å². The van der Waals surface area contributed by atoms with E-state index in [2.05, 4.69) is 20.5 Å². The van der Waals surface area contributed by atoms with Crippen LogP contribution in [0.1, 0.15) is 11.4 Å². The van der Waals surface area contributed by atoms with E-state index in [1.807, 2.05) is 78.9 Å². The van der Waals surface area contributed by atoms with Gasteiger partial charge < -0.3 is 4.98 Å². The highest BCUT2D eigenvalue weighted by atomic mass is 35.5. The van der Waals surface area contributed by atoms with E-state index in [1.165, 1.54) is 0 Å². The lowest BCUT2D eigenvalue weighted by atomic mass is 10.1. The van der Waals surface area contributed by atoms with E-state index in [4.69, 9.17) is 11.6 Å². The fraction of sp³-hybridized carbons (Fsp3) is 0.0476. The molecule has 3 aromatic carbocycles. The van der Waals surface area contributed by atoms with E-state index in [9.17, 15) is 0 Å². The van der Waals surface area contributed by atoms with Gasteiger partial charge in [-0.25, -0.2) is 4.98 Å². The number of benzene rings is 3. The molecule has 4 aromatic rings. The Hall–Kier alpha value is -3.11. The van der Waals surface area contributed by atoms with Crippen LogP contribution in [0, 0.1) is 0 Å². The van der Waals surface area contributed by atoms with E-state index in [0.717, 1.165) is 33.8 Å². The third-order valence-corrected chi connectivity index (χ3v) is 4.26. The van der Waals surface area contributed by atoms with Gasteiger partial charge in [-0.2, -0.15) is 5.10 Å². The van der Waals surface area contributed by atoms with Gasteiger partial charge in [-0.1, -0.05) is 60.1 Å². The van der Waals surface area contributed by atoms with Crippen molar-refractivity contribution in [2.45, 2.75) is 6.42 Å². The SMILES string of the molecule is Clc1cccc(N/N=C(/Cc2nc3ccccc3[nH]2)c2ccccc2)c1. The van der Waals surface area contributed by atoms with Gasteiger partial charge in [0, 0.05) is 5.02 Å². The van der Waals surface area contributed by atoms with E-state index >= 15 is 0 Å². The zero-order valence-corrected chi connectivity index (χ0v) is 14.7. The lowest BCUT2D eigenvalue weighted by Crippen LogP contribution is -2.09. The Kier molecular flexibility index (Phi) is 4.67. The molecule has 128 valence electrons. The zero-order valence-electron chi connectivity index (χ0n) is 14.0. The lowest BCUT2D eigenvalue weighted by molar-refractivity contribution is 1.09. The molecule has 26 heavy (non-hydrogen) atoms. The number of nitrogens with zero attached hydrogens (tertiary/aromatic N) is 2. The second kappa shape index (κ2) is 7.42. The van der Waals surface area contributed by atoms with Crippen LogP contribution in [0.2, 0.25) is 5.02 Å². The molecule has 5 heteroatoms. The van der Waals surface area contributed by atoms with E-state index < -0.39 is 0 Å². The summed E-state index contributed by atoms with van der Waals surface area (Å²) in [6.45, 7) is 0. The molecule has 0 spiro atoms. The zero-order chi connectivity index (χ0) is 17.8. The Balaban J connectivity index is 1.65. The van der Waals surface area contributed by atoms with Crippen molar-refractivity contribution in [2.75, 3.05) is 5.43 Å². The fourth-order valence-corrected chi connectivity index (χ4v) is 2.96. The Morgan fingerprint density at radius 2 is 1.77 bits per heavy atom. The number of halogens is 1. The van der Waals surface area contributed by atoms with Crippen LogP contribution in [0.25, 0.3) is 11.0 Å². The van der Waals surface area contributed by atoms with Crippen molar-refractivity contribution in [1.82, 2.24) is 9.97 Å². The molecule has 0 bridgehead atoms. The third-order valence-electron chi connectivity index (χ3n) is 4.02. The number of hydrogen-bond acceptors (Lipinski definition) is 3. The van der Waals surface area contributed by atoms with Crippen LogP contribution in [0.4, 0.5) is 5.69 Å². The number of hydrogen-bond donors (Lipinski definition) is 2. The van der Waals surface area contributed by atoms with Gasteiger partial charge in [0.25, 0.3) is 0 Å². The second-order valence-electron chi connectivity index (χ2n) is 5.92.